The minimum absolute atomic E-state index is 0.0103. The van der Waals surface area contributed by atoms with Crippen LogP contribution in [0, 0.1) is 20.8 Å². The molecular formula is C22H20O2. The van der Waals surface area contributed by atoms with Gasteiger partial charge in [-0.05, 0) is 43.5 Å². The molecule has 0 aliphatic rings. The molecule has 3 aromatic carbocycles. The van der Waals surface area contributed by atoms with Gasteiger partial charge in [0.05, 0.1) is 0 Å². The Morgan fingerprint density at radius 2 is 1.33 bits per heavy atom. The Hall–Kier alpha value is -2.87. The fourth-order valence-corrected chi connectivity index (χ4v) is 3.29. The van der Waals surface area contributed by atoms with Crippen molar-refractivity contribution in [1.29, 1.82) is 0 Å². The van der Waals surface area contributed by atoms with E-state index in [1.165, 1.54) is 0 Å². The van der Waals surface area contributed by atoms with E-state index in [-0.39, 0.29) is 11.5 Å². The van der Waals surface area contributed by atoms with Gasteiger partial charge in [0.15, 0.2) is 5.78 Å². The highest BCUT2D eigenvalue weighted by atomic mass is 16.3. The summed E-state index contributed by atoms with van der Waals surface area (Å²) in [6, 6.07) is 18.6. The van der Waals surface area contributed by atoms with Gasteiger partial charge in [-0.3, -0.25) is 4.79 Å². The summed E-state index contributed by atoms with van der Waals surface area (Å²) in [5.74, 6) is 0.166. The molecule has 0 spiro atoms. The molecule has 0 amide bonds. The van der Waals surface area contributed by atoms with Gasteiger partial charge in [0, 0.05) is 16.7 Å². The molecule has 1 N–H and O–H groups in total. The van der Waals surface area contributed by atoms with Crippen LogP contribution in [0.5, 0.6) is 5.75 Å². The molecule has 0 saturated heterocycles. The molecule has 120 valence electrons. The van der Waals surface area contributed by atoms with Crippen LogP contribution in [0.15, 0.2) is 60.7 Å². The summed E-state index contributed by atoms with van der Waals surface area (Å²) < 4.78 is 0. The number of benzene rings is 3. The molecule has 24 heavy (non-hydrogen) atoms. The van der Waals surface area contributed by atoms with Gasteiger partial charge in [-0.2, -0.15) is 0 Å². The fourth-order valence-electron chi connectivity index (χ4n) is 3.29. The van der Waals surface area contributed by atoms with E-state index in [1.807, 2.05) is 69.3 Å². The minimum atomic E-state index is -0.0103. The van der Waals surface area contributed by atoms with Crippen molar-refractivity contribution in [2.75, 3.05) is 0 Å². The van der Waals surface area contributed by atoms with Crippen molar-refractivity contribution < 1.29 is 9.90 Å². The Balaban J connectivity index is 2.19. The second kappa shape index (κ2) is 6.32. The summed E-state index contributed by atoms with van der Waals surface area (Å²) in [5, 5.41) is 10.2. The summed E-state index contributed by atoms with van der Waals surface area (Å²) in [7, 11) is 0. The number of rotatable bonds is 3. The number of aryl methyl sites for hydroxylation is 3. The lowest BCUT2D eigenvalue weighted by Crippen LogP contribution is -2.08. The van der Waals surface area contributed by atoms with Gasteiger partial charge in [-0.1, -0.05) is 60.2 Å². The van der Waals surface area contributed by atoms with Crippen LogP contribution in [0.4, 0.5) is 0 Å². The molecule has 0 radical (unpaired) electrons. The smallest absolute Gasteiger partial charge is 0.194 e. The molecule has 0 atom stereocenters. The van der Waals surface area contributed by atoms with Gasteiger partial charge in [-0.25, -0.2) is 0 Å². The van der Waals surface area contributed by atoms with Crippen molar-refractivity contribution >= 4 is 5.78 Å². The van der Waals surface area contributed by atoms with E-state index in [0.717, 1.165) is 27.8 Å². The van der Waals surface area contributed by atoms with Crippen LogP contribution in [0.2, 0.25) is 0 Å². The van der Waals surface area contributed by atoms with Crippen LogP contribution in [-0.2, 0) is 0 Å². The molecule has 0 unspecified atom stereocenters. The van der Waals surface area contributed by atoms with Gasteiger partial charge >= 0.3 is 0 Å². The monoisotopic (exact) mass is 316 g/mol. The van der Waals surface area contributed by atoms with E-state index >= 15 is 0 Å². The highest BCUT2D eigenvalue weighted by Gasteiger charge is 2.19. The molecule has 0 aliphatic carbocycles. The molecule has 3 rings (SSSR count). The molecular weight excluding hydrogens is 296 g/mol. The van der Waals surface area contributed by atoms with Crippen LogP contribution < -0.4 is 0 Å². The summed E-state index contributed by atoms with van der Waals surface area (Å²) in [5.41, 5.74) is 5.87. The van der Waals surface area contributed by atoms with Crippen molar-refractivity contribution in [1.82, 2.24) is 0 Å². The summed E-state index contributed by atoms with van der Waals surface area (Å²) in [6.07, 6.45) is 0. The SMILES string of the molecule is Cc1cc(C)c(C(=O)c2ccccc2-c2ccccc2O)c(C)c1. The lowest BCUT2D eigenvalue weighted by atomic mass is 9.89. The maximum absolute atomic E-state index is 13.2. The van der Waals surface area contributed by atoms with E-state index in [1.54, 1.807) is 12.1 Å². The normalized spacial score (nSPS) is 10.6. The highest BCUT2D eigenvalue weighted by Crippen LogP contribution is 2.33. The summed E-state index contributed by atoms with van der Waals surface area (Å²) in [6.45, 7) is 5.97. The van der Waals surface area contributed by atoms with E-state index in [9.17, 15) is 9.90 Å². The number of carbonyl (C=O) groups is 1. The van der Waals surface area contributed by atoms with Crippen LogP contribution in [0.25, 0.3) is 11.1 Å². The molecule has 2 heteroatoms. The summed E-state index contributed by atoms with van der Waals surface area (Å²) in [4.78, 5) is 13.2. The van der Waals surface area contributed by atoms with Crippen LogP contribution in [0.3, 0.4) is 0 Å². The van der Waals surface area contributed by atoms with Gasteiger partial charge in [-0.15, -0.1) is 0 Å². The molecule has 0 heterocycles. The third-order valence-electron chi connectivity index (χ3n) is 4.27. The zero-order valence-electron chi connectivity index (χ0n) is 14.1. The zero-order chi connectivity index (χ0) is 17.3. The van der Waals surface area contributed by atoms with Crippen LogP contribution >= 0.6 is 0 Å². The Labute approximate surface area is 142 Å². The number of aromatic hydroxyl groups is 1. The molecule has 0 bridgehead atoms. The Kier molecular flexibility index (Phi) is 4.22. The third-order valence-corrected chi connectivity index (χ3v) is 4.27. The van der Waals surface area contributed by atoms with Gasteiger partial charge in [0.2, 0.25) is 0 Å². The maximum Gasteiger partial charge on any atom is 0.194 e. The first-order valence-electron chi connectivity index (χ1n) is 7.99. The maximum atomic E-state index is 13.2. The van der Waals surface area contributed by atoms with Crippen molar-refractivity contribution in [3.63, 3.8) is 0 Å². The van der Waals surface area contributed by atoms with E-state index in [0.29, 0.717) is 11.1 Å². The second-order valence-corrected chi connectivity index (χ2v) is 6.17. The number of phenols is 1. The van der Waals surface area contributed by atoms with Crippen LogP contribution in [-0.4, -0.2) is 10.9 Å². The molecule has 3 aromatic rings. The predicted molar refractivity (Wildman–Crippen MR) is 97.6 cm³/mol. The lowest BCUT2D eigenvalue weighted by molar-refractivity contribution is 0.103. The number of carbonyl (C=O) groups excluding carboxylic acids is 1. The standard InChI is InChI=1S/C22H20O2/c1-14-12-15(2)21(16(3)13-14)22(24)19-10-5-4-8-17(19)18-9-6-7-11-20(18)23/h4-13,23H,1-3H3. The third kappa shape index (κ3) is 2.83. The molecule has 0 fully saturated rings. The topological polar surface area (TPSA) is 37.3 Å². The fraction of sp³-hybridized carbons (Fsp3) is 0.136. The average Bonchev–Trinajstić information content (AvgIpc) is 2.54. The van der Waals surface area contributed by atoms with Crippen LogP contribution in [0.1, 0.15) is 32.6 Å². The second-order valence-electron chi connectivity index (χ2n) is 6.17. The first-order chi connectivity index (χ1) is 11.5. The first kappa shape index (κ1) is 16.0. The largest absolute Gasteiger partial charge is 0.507 e. The molecule has 0 aliphatic heterocycles. The number of hydrogen-bond donors (Lipinski definition) is 1. The van der Waals surface area contributed by atoms with E-state index < -0.39 is 0 Å². The van der Waals surface area contributed by atoms with E-state index in [4.69, 9.17) is 0 Å². The van der Waals surface area contributed by atoms with Gasteiger partial charge < -0.3 is 5.11 Å². The Morgan fingerprint density at radius 1 is 0.792 bits per heavy atom. The quantitative estimate of drug-likeness (QED) is 0.673. The number of ketones is 1. The number of phenolic OH excluding ortho intramolecular Hbond substituents is 1. The highest BCUT2D eigenvalue weighted by molar-refractivity contribution is 6.14. The van der Waals surface area contributed by atoms with Gasteiger partial charge in [0.1, 0.15) is 5.75 Å². The Morgan fingerprint density at radius 3 is 1.96 bits per heavy atom. The van der Waals surface area contributed by atoms with Crippen molar-refractivity contribution in [3.8, 4) is 16.9 Å². The number of hydrogen-bond acceptors (Lipinski definition) is 2. The van der Waals surface area contributed by atoms with Crippen molar-refractivity contribution in [2.45, 2.75) is 20.8 Å². The van der Waals surface area contributed by atoms with Gasteiger partial charge in [0.25, 0.3) is 0 Å². The van der Waals surface area contributed by atoms with Crippen molar-refractivity contribution in [2.24, 2.45) is 0 Å². The molecule has 2 nitrogen and oxygen atoms in total. The first-order valence-corrected chi connectivity index (χ1v) is 7.99. The Bertz CT molecular complexity index is 900. The van der Waals surface area contributed by atoms with E-state index in [2.05, 4.69) is 0 Å². The predicted octanol–water partition coefficient (Wildman–Crippen LogP) is 5.22. The zero-order valence-corrected chi connectivity index (χ0v) is 14.1. The molecule has 0 saturated carbocycles. The summed E-state index contributed by atoms with van der Waals surface area (Å²) >= 11 is 0. The lowest BCUT2D eigenvalue weighted by Gasteiger charge is -2.14. The minimum Gasteiger partial charge on any atom is -0.507 e. The molecule has 0 aromatic heterocycles. The number of para-hydroxylation sites is 1. The average molecular weight is 316 g/mol. The van der Waals surface area contributed by atoms with Crippen molar-refractivity contribution in [3.05, 3.63) is 88.5 Å².